The maximum Gasteiger partial charge on any atom is 0.191 e. The highest BCUT2D eigenvalue weighted by molar-refractivity contribution is 14.0. The minimum Gasteiger partial charge on any atom is -0.357 e. The summed E-state index contributed by atoms with van der Waals surface area (Å²) in [7, 11) is 0. The summed E-state index contributed by atoms with van der Waals surface area (Å²) < 4.78 is 1.97. The number of nitrogens with zero attached hydrogens (tertiary/aromatic N) is 4. The molecule has 0 aliphatic carbocycles. The largest absolute Gasteiger partial charge is 0.357 e. The fourth-order valence-corrected chi connectivity index (χ4v) is 2.73. The predicted molar refractivity (Wildman–Crippen MR) is 104 cm³/mol. The van der Waals surface area contributed by atoms with Crippen LogP contribution in [0.15, 0.2) is 46.2 Å². The van der Waals surface area contributed by atoms with Crippen LogP contribution in [0.25, 0.3) is 5.65 Å². The molecule has 0 spiro atoms. The summed E-state index contributed by atoms with van der Waals surface area (Å²) in [5.74, 6) is 1.64. The molecule has 0 atom stereocenters. The van der Waals surface area contributed by atoms with Gasteiger partial charge in [-0.25, -0.2) is 4.99 Å². The zero-order valence-corrected chi connectivity index (χ0v) is 15.9. The Balaban J connectivity index is 0.00000192. The highest BCUT2D eigenvalue weighted by Gasteiger charge is 2.05. The quantitative estimate of drug-likeness (QED) is 0.362. The van der Waals surface area contributed by atoms with Gasteiger partial charge in [0.2, 0.25) is 0 Å². The first-order valence-corrected chi connectivity index (χ1v) is 8.13. The van der Waals surface area contributed by atoms with Gasteiger partial charge in [-0.3, -0.25) is 4.40 Å². The Kier molecular flexibility index (Phi) is 6.78. The van der Waals surface area contributed by atoms with Gasteiger partial charge in [-0.1, -0.05) is 6.07 Å². The van der Waals surface area contributed by atoms with E-state index >= 15 is 0 Å². The van der Waals surface area contributed by atoms with E-state index < -0.39 is 0 Å². The second-order valence-electron chi connectivity index (χ2n) is 4.73. The lowest BCUT2D eigenvalue weighted by Gasteiger charge is -2.10. The Hall–Kier alpha value is -1.68. The van der Waals surface area contributed by atoms with Gasteiger partial charge in [0, 0.05) is 12.7 Å². The van der Waals surface area contributed by atoms with Crippen LogP contribution in [0.3, 0.4) is 0 Å². The molecule has 0 bridgehead atoms. The number of pyridine rings is 1. The normalized spacial score (nSPS) is 11.3. The molecule has 6 nitrogen and oxygen atoms in total. The number of fused-ring (bicyclic) bond motifs is 1. The van der Waals surface area contributed by atoms with Gasteiger partial charge in [0.25, 0.3) is 0 Å². The number of hydrogen-bond donors (Lipinski definition) is 2. The van der Waals surface area contributed by atoms with Crippen LogP contribution in [0, 0.1) is 0 Å². The van der Waals surface area contributed by atoms with E-state index in [0.717, 1.165) is 24.0 Å². The van der Waals surface area contributed by atoms with Gasteiger partial charge < -0.3 is 10.6 Å². The van der Waals surface area contributed by atoms with Gasteiger partial charge in [0.05, 0.1) is 13.1 Å². The third-order valence-corrected chi connectivity index (χ3v) is 3.87. The van der Waals surface area contributed by atoms with Gasteiger partial charge in [-0.2, -0.15) is 11.3 Å². The van der Waals surface area contributed by atoms with Crippen LogP contribution >= 0.6 is 35.3 Å². The zero-order chi connectivity index (χ0) is 15.2. The molecule has 0 unspecified atom stereocenters. The molecule has 0 amide bonds. The average Bonchev–Trinajstić information content (AvgIpc) is 3.20. The molecule has 3 heterocycles. The summed E-state index contributed by atoms with van der Waals surface area (Å²) in [4.78, 5) is 4.58. The Morgan fingerprint density at radius 2 is 2.17 bits per heavy atom. The van der Waals surface area contributed by atoms with E-state index in [1.807, 2.05) is 35.7 Å². The van der Waals surface area contributed by atoms with E-state index in [1.54, 1.807) is 11.3 Å². The molecule has 0 aliphatic rings. The fourth-order valence-electron chi connectivity index (χ4n) is 2.07. The topological polar surface area (TPSA) is 66.6 Å². The fraction of sp³-hybridized carbons (Fsp3) is 0.267. The van der Waals surface area contributed by atoms with E-state index in [1.165, 1.54) is 5.56 Å². The molecule has 0 aromatic carbocycles. The van der Waals surface area contributed by atoms with Crippen molar-refractivity contribution in [1.29, 1.82) is 0 Å². The SMILES string of the molecule is CCNC(=NCc1ccsc1)NCc1nnc2ccccn12.I. The third kappa shape index (κ3) is 4.64. The Bertz CT molecular complexity index is 752. The van der Waals surface area contributed by atoms with Crippen molar-refractivity contribution in [3.8, 4) is 0 Å². The van der Waals surface area contributed by atoms with E-state index in [9.17, 15) is 0 Å². The molecule has 0 aliphatic heterocycles. The van der Waals surface area contributed by atoms with Crippen molar-refractivity contribution >= 4 is 46.9 Å². The Labute approximate surface area is 156 Å². The first-order valence-electron chi connectivity index (χ1n) is 7.18. The number of aromatic nitrogens is 3. The molecule has 0 saturated carbocycles. The summed E-state index contributed by atoms with van der Waals surface area (Å²) in [6.45, 7) is 4.10. The number of hydrogen-bond acceptors (Lipinski definition) is 4. The van der Waals surface area contributed by atoms with Crippen molar-refractivity contribution in [3.05, 3.63) is 52.6 Å². The summed E-state index contributed by atoms with van der Waals surface area (Å²) in [5.41, 5.74) is 2.06. The average molecular weight is 442 g/mol. The summed E-state index contributed by atoms with van der Waals surface area (Å²) in [6.07, 6.45) is 1.96. The number of rotatable bonds is 5. The second kappa shape index (κ2) is 8.82. The van der Waals surface area contributed by atoms with Gasteiger partial charge in [0.1, 0.15) is 0 Å². The van der Waals surface area contributed by atoms with Crippen LogP contribution in [-0.2, 0) is 13.1 Å². The van der Waals surface area contributed by atoms with Crippen molar-refractivity contribution in [2.45, 2.75) is 20.0 Å². The third-order valence-electron chi connectivity index (χ3n) is 3.14. The molecule has 3 rings (SSSR count). The molecular weight excluding hydrogens is 423 g/mol. The van der Waals surface area contributed by atoms with E-state index in [-0.39, 0.29) is 24.0 Å². The molecule has 0 fully saturated rings. The molecule has 3 aromatic rings. The van der Waals surface area contributed by atoms with Crippen molar-refractivity contribution in [2.24, 2.45) is 4.99 Å². The van der Waals surface area contributed by atoms with Gasteiger partial charge in [-0.15, -0.1) is 34.2 Å². The predicted octanol–water partition coefficient (Wildman–Crippen LogP) is 2.66. The maximum absolute atomic E-state index is 4.58. The number of halogens is 1. The second-order valence-corrected chi connectivity index (χ2v) is 5.51. The first-order chi connectivity index (χ1) is 10.9. The molecule has 8 heteroatoms. The highest BCUT2D eigenvalue weighted by atomic mass is 127. The van der Waals surface area contributed by atoms with Crippen molar-refractivity contribution in [3.63, 3.8) is 0 Å². The number of nitrogens with one attached hydrogen (secondary N) is 2. The minimum atomic E-state index is 0. The van der Waals surface area contributed by atoms with E-state index in [0.29, 0.717) is 13.1 Å². The number of guanidine groups is 1. The van der Waals surface area contributed by atoms with Crippen molar-refractivity contribution in [2.75, 3.05) is 6.54 Å². The lowest BCUT2D eigenvalue weighted by molar-refractivity contribution is 0.765. The zero-order valence-electron chi connectivity index (χ0n) is 12.8. The van der Waals surface area contributed by atoms with Crippen LogP contribution in [-0.4, -0.2) is 27.1 Å². The minimum absolute atomic E-state index is 0. The molecular formula is C15H19IN6S. The molecule has 23 heavy (non-hydrogen) atoms. The van der Waals surface area contributed by atoms with Crippen LogP contribution < -0.4 is 10.6 Å². The number of thiophene rings is 1. The lowest BCUT2D eigenvalue weighted by atomic mass is 10.3. The van der Waals surface area contributed by atoms with Gasteiger partial charge in [0.15, 0.2) is 17.4 Å². The molecule has 0 saturated heterocycles. The van der Waals surface area contributed by atoms with Crippen LogP contribution in [0.1, 0.15) is 18.3 Å². The summed E-state index contributed by atoms with van der Waals surface area (Å²) >= 11 is 1.69. The van der Waals surface area contributed by atoms with Crippen LogP contribution in [0.4, 0.5) is 0 Å². The Morgan fingerprint density at radius 1 is 1.26 bits per heavy atom. The Morgan fingerprint density at radius 3 is 2.96 bits per heavy atom. The molecule has 2 N–H and O–H groups in total. The summed E-state index contributed by atoms with van der Waals surface area (Å²) in [6, 6.07) is 7.94. The maximum atomic E-state index is 4.58. The standard InChI is InChI=1S/C15H18N6S.HI/c1-2-16-15(17-9-12-6-8-22-11-12)18-10-14-20-19-13-5-3-4-7-21(13)14;/h3-8,11H,2,9-10H2,1H3,(H2,16,17,18);1H. The van der Waals surface area contributed by atoms with Gasteiger partial charge >= 0.3 is 0 Å². The van der Waals surface area contributed by atoms with Crippen LogP contribution in [0.2, 0.25) is 0 Å². The molecule has 122 valence electrons. The van der Waals surface area contributed by atoms with Gasteiger partial charge in [-0.05, 0) is 41.4 Å². The molecule has 0 radical (unpaired) electrons. The molecule has 3 aromatic heterocycles. The first kappa shape index (κ1) is 17.7. The van der Waals surface area contributed by atoms with Crippen LogP contribution in [0.5, 0.6) is 0 Å². The monoisotopic (exact) mass is 442 g/mol. The summed E-state index contributed by atoms with van der Waals surface area (Å²) in [5, 5.41) is 19.1. The van der Waals surface area contributed by atoms with Crippen molar-refractivity contribution in [1.82, 2.24) is 25.2 Å². The van der Waals surface area contributed by atoms with E-state index in [4.69, 9.17) is 0 Å². The van der Waals surface area contributed by atoms with E-state index in [2.05, 4.69) is 42.6 Å². The smallest absolute Gasteiger partial charge is 0.191 e. The highest BCUT2D eigenvalue weighted by Crippen LogP contribution is 2.07. The van der Waals surface area contributed by atoms with Crippen molar-refractivity contribution < 1.29 is 0 Å². The number of aliphatic imine (C=N–C) groups is 1. The lowest BCUT2D eigenvalue weighted by Crippen LogP contribution is -2.37.